The first-order valence-electron chi connectivity index (χ1n) is 19.6. The molecule has 3 fully saturated rings. The van der Waals surface area contributed by atoms with Gasteiger partial charge in [0.25, 0.3) is 5.91 Å². The summed E-state index contributed by atoms with van der Waals surface area (Å²) in [6, 6.07) is 12.1. The van der Waals surface area contributed by atoms with Gasteiger partial charge in [0.15, 0.2) is 5.82 Å². The Morgan fingerprint density at radius 2 is 1.70 bits per heavy atom. The number of anilines is 3. The van der Waals surface area contributed by atoms with Crippen LogP contribution in [-0.4, -0.2) is 87.5 Å². The Kier molecular flexibility index (Phi) is 9.29. The van der Waals surface area contributed by atoms with Crippen molar-refractivity contribution in [1.29, 1.82) is 0 Å². The molecule has 2 saturated heterocycles. The Bertz CT molecular complexity index is 2050. The highest BCUT2D eigenvalue weighted by molar-refractivity contribution is 6.09. The number of carbonyl (C=O) groups excluding carboxylic acids is 2. The van der Waals surface area contributed by atoms with Crippen molar-refractivity contribution >= 4 is 40.0 Å². The fraction of sp³-hybridized carbons (Fsp3) is 0.524. The van der Waals surface area contributed by atoms with Crippen LogP contribution in [0.5, 0.6) is 0 Å². The number of pyridine rings is 1. The van der Waals surface area contributed by atoms with Crippen LogP contribution in [0, 0.1) is 12.7 Å². The molecule has 0 radical (unpaired) electrons. The molecule has 2 N–H and O–H groups in total. The van der Waals surface area contributed by atoms with Gasteiger partial charge < -0.3 is 29.9 Å². The second-order valence-electron chi connectivity index (χ2n) is 16.5. The van der Waals surface area contributed by atoms with Crippen LogP contribution in [0.25, 0.3) is 22.3 Å². The quantitative estimate of drug-likeness (QED) is 0.197. The molecule has 0 atom stereocenters. The summed E-state index contributed by atoms with van der Waals surface area (Å²) < 4.78 is 17.7. The molecular weight excluding hydrogens is 668 g/mol. The smallest absolute Gasteiger partial charge is 0.251 e. The van der Waals surface area contributed by atoms with E-state index < -0.39 is 11.2 Å². The summed E-state index contributed by atoms with van der Waals surface area (Å²) in [7, 11) is 2.14. The van der Waals surface area contributed by atoms with Crippen molar-refractivity contribution in [3.63, 3.8) is 0 Å². The molecule has 280 valence electrons. The Hall–Kier alpha value is -4.35. The standard InChI is InChI=1S/C42H53FN8O2/c1-25(2)45-40(52)31-22-35(33(43)18-27(31)5)47-39-38-36(44-24-50(38)26(3)4)23-34(46-39)28-10-11-32-37(19-28)51(41(53)42(32)12-16-48(6)17-13-42)30-20-29(21-30)49-14-8-7-9-15-49/h10-11,18-19,22-26,29-30H,7-9,12-17,20-21H2,1-6H3,(H,45,52)(H,46,47)/t29-,30+. The van der Waals surface area contributed by atoms with Crippen molar-refractivity contribution in [2.75, 3.05) is 43.4 Å². The van der Waals surface area contributed by atoms with E-state index in [1.54, 1.807) is 19.3 Å². The molecule has 0 bridgehead atoms. The van der Waals surface area contributed by atoms with Gasteiger partial charge in [0.2, 0.25) is 5.91 Å². The summed E-state index contributed by atoms with van der Waals surface area (Å²) in [5, 5.41) is 6.20. The van der Waals surface area contributed by atoms with Crippen molar-refractivity contribution < 1.29 is 14.0 Å². The highest BCUT2D eigenvalue weighted by Gasteiger charge is 2.55. The van der Waals surface area contributed by atoms with Gasteiger partial charge in [-0.1, -0.05) is 18.6 Å². The molecule has 1 spiro atoms. The van der Waals surface area contributed by atoms with E-state index in [4.69, 9.17) is 9.97 Å². The minimum Gasteiger partial charge on any atom is -0.350 e. The van der Waals surface area contributed by atoms with Crippen LogP contribution in [0.1, 0.15) is 100 Å². The summed E-state index contributed by atoms with van der Waals surface area (Å²) in [6.07, 6.45) is 9.29. The molecule has 5 heterocycles. The molecule has 2 aromatic carbocycles. The van der Waals surface area contributed by atoms with E-state index in [1.165, 1.54) is 38.4 Å². The molecule has 11 heteroatoms. The second-order valence-corrected chi connectivity index (χ2v) is 16.5. The average molecular weight is 721 g/mol. The lowest BCUT2D eigenvalue weighted by Crippen LogP contribution is -2.58. The summed E-state index contributed by atoms with van der Waals surface area (Å²) in [6.45, 7) is 13.8. The van der Waals surface area contributed by atoms with Crippen molar-refractivity contribution in [2.24, 2.45) is 0 Å². The van der Waals surface area contributed by atoms with Crippen LogP contribution in [0.15, 0.2) is 42.7 Å². The fourth-order valence-electron chi connectivity index (χ4n) is 9.11. The number of aryl methyl sites for hydroxylation is 1. The predicted molar refractivity (Wildman–Crippen MR) is 208 cm³/mol. The van der Waals surface area contributed by atoms with E-state index in [1.807, 2.05) is 24.5 Å². The number of halogens is 1. The number of likely N-dealkylation sites (tertiary alicyclic amines) is 2. The van der Waals surface area contributed by atoms with Crippen LogP contribution < -0.4 is 15.5 Å². The number of rotatable bonds is 8. The lowest BCUT2D eigenvalue weighted by atomic mass is 9.73. The second kappa shape index (κ2) is 13.8. The van der Waals surface area contributed by atoms with E-state index in [2.05, 4.69) is 64.4 Å². The molecule has 1 saturated carbocycles. The number of benzene rings is 2. The van der Waals surface area contributed by atoms with Gasteiger partial charge >= 0.3 is 0 Å². The topological polar surface area (TPSA) is 98.6 Å². The van der Waals surface area contributed by atoms with E-state index in [0.717, 1.165) is 66.6 Å². The number of amides is 2. The molecule has 1 aliphatic carbocycles. The Morgan fingerprint density at radius 1 is 0.962 bits per heavy atom. The monoisotopic (exact) mass is 720 g/mol. The van der Waals surface area contributed by atoms with Crippen LogP contribution in [0.2, 0.25) is 0 Å². The zero-order valence-corrected chi connectivity index (χ0v) is 32.0. The molecule has 53 heavy (non-hydrogen) atoms. The molecule has 10 nitrogen and oxygen atoms in total. The van der Waals surface area contributed by atoms with Crippen molar-refractivity contribution in [2.45, 2.75) is 109 Å². The molecule has 2 aromatic heterocycles. The van der Waals surface area contributed by atoms with Gasteiger partial charge in [-0.05, 0) is 142 Å². The van der Waals surface area contributed by atoms with Crippen LogP contribution in [0.3, 0.4) is 0 Å². The maximum Gasteiger partial charge on any atom is 0.251 e. The normalized spacial score (nSPS) is 21.8. The number of hydrogen-bond donors (Lipinski definition) is 2. The molecule has 4 aromatic rings. The number of aromatic nitrogens is 3. The number of nitrogens with one attached hydrogen (secondary N) is 2. The van der Waals surface area contributed by atoms with Crippen LogP contribution in [0.4, 0.5) is 21.6 Å². The lowest BCUT2D eigenvalue weighted by molar-refractivity contribution is -0.125. The first-order chi connectivity index (χ1) is 25.4. The van der Waals surface area contributed by atoms with E-state index >= 15 is 4.39 Å². The highest BCUT2D eigenvalue weighted by atomic mass is 19.1. The number of hydrogen-bond acceptors (Lipinski definition) is 7. The van der Waals surface area contributed by atoms with Gasteiger partial charge in [-0.3, -0.25) is 9.59 Å². The van der Waals surface area contributed by atoms with Crippen molar-refractivity contribution in [3.05, 3.63) is 65.2 Å². The number of imidazole rings is 1. The molecule has 4 aliphatic rings. The zero-order valence-electron chi connectivity index (χ0n) is 32.0. The minimum absolute atomic E-state index is 0.0602. The third-order valence-electron chi connectivity index (χ3n) is 12.2. The fourth-order valence-corrected chi connectivity index (χ4v) is 9.11. The average Bonchev–Trinajstić information content (AvgIpc) is 3.64. The predicted octanol–water partition coefficient (Wildman–Crippen LogP) is 7.34. The summed E-state index contributed by atoms with van der Waals surface area (Å²) in [5.41, 5.74) is 5.79. The molecule has 8 rings (SSSR count). The third-order valence-corrected chi connectivity index (χ3v) is 12.2. The molecule has 0 unspecified atom stereocenters. The van der Waals surface area contributed by atoms with E-state index in [-0.39, 0.29) is 35.6 Å². The minimum atomic E-state index is -0.501. The number of piperidine rings is 2. The first kappa shape index (κ1) is 35.7. The van der Waals surface area contributed by atoms with Crippen molar-refractivity contribution in [3.8, 4) is 11.3 Å². The SMILES string of the molecule is Cc1cc(F)c(Nc2nc(-c3ccc4c(c3)N([C@H]3C[C@@H](N5CCCCC5)C3)C(=O)C43CCN(C)CC3)cc3ncn(C(C)C)c23)cc1C(=O)NC(C)C. The Labute approximate surface area is 312 Å². The van der Waals surface area contributed by atoms with Crippen LogP contribution >= 0.6 is 0 Å². The van der Waals surface area contributed by atoms with E-state index in [9.17, 15) is 9.59 Å². The van der Waals surface area contributed by atoms with Gasteiger partial charge in [0.05, 0.1) is 28.6 Å². The molecule has 2 amide bonds. The largest absolute Gasteiger partial charge is 0.350 e. The zero-order chi connectivity index (χ0) is 37.2. The van der Waals surface area contributed by atoms with Gasteiger partial charge in [-0.25, -0.2) is 14.4 Å². The van der Waals surface area contributed by atoms with Gasteiger partial charge in [0.1, 0.15) is 11.3 Å². The van der Waals surface area contributed by atoms with E-state index in [0.29, 0.717) is 28.7 Å². The third kappa shape index (κ3) is 6.29. The molecule has 3 aliphatic heterocycles. The summed E-state index contributed by atoms with van der Waals surface area (Å²) in [5.74, 6) is -0.0234. The number of nitrogens with zero attached hydrogens (tertiary/aromatic N) is 6. The van der Waals surface area contributed by atoms with Gasteiger partial charge in [-0.2, -0.15) is 0 Å². The highest BCUT2D eigenvalue weighted by Crippen LogP contribution is 2.52. The Balaban J connectivity index is 1.19. The first-order valence-corrected chi connectivity index (χ1v) is 19.6. The Morgan fingerprint density at radius 3 is 2.40 bits per heavy atom. The number of carbonyl (C=O) groups is 2. The van der Waals surface area contributed by atoms with Gasteiger partial charge in [0, 0.05) is 41.0 Å². The summed E-state index contributed by atoms with van der Waals surface area (Å²) in [4.78, 5) is 44.8. The van der Waals surface area contributed by atoms with Crippen molar-refractivity contribution in [1.82, 2.24) is 29.7 Å². The maximum atomic E-state index is 15.7. The maximum absolute atomic E-state index is 15.7. The number of fused-ring (bicyclic) bond motifs is 3. The van der Waals surface area contributed by atoms with Gasteiger partial charge in [-0.15, -0.1) is 0 Å². The van der Waals surface area contributed by atoms with Crippen LogP contribution in [-0.2, 0) is 10.2 Å². The summed E-state index contributed by atoms with van der Waals surface area (Å²) >= 11 is 0. The molecular formula is C42H53FN8O2. The lowest BCUT2D eigenvalue weighted by Gasteiger charge is -2.48.